The minimum atomic E-state index is -0.188. The Morgan fingerprint density at radius 1 is 1.06 bits per heavy atom. The van der Waals surface area contributed by atoms with Crippen molar-refractivity contribution >= 4 is 58.0 Å². The van der Waals surface area contributed by atoms with Gasteiger partial charge in [-0.15, -0.1) is 23.7 Å². The molecule has 0 aliphatic carbocycles. The number of ether oxygens (including phenoxy) is 1. The SMILES string of the molecule is CN(C)CCCN(C(=O)COc1ccccc1)c1nc(CC(=O)Nc2ccc(Cl)cc2)cs1.Cl. The number of rotatable bonds is 11. The number of benzene rings is 2. The number of para-hydroxylation sites is 1. The van der Waals surface area contributed by atoms with Crippen LogP contribution in [0.2, 0.25) is 5.02 Å². The van der Waals surface area contributed by atoms with E-state index < -0.39 is 0 Å². The average Bonchev–Trinajstić information content (AvgIpc) is 3.25. The molecule has 2 aromatic carbocycles. The molecule has 1 heterocycles. The van der Waals surface area contributed by atoms with Gasteiger partial charge in [0.1, 0.15) is 5.75 Å². The second-order valence-corrected chi connectivity index (χ2v) is 8.93. The third kappa shape index (κ3) is 8.95. The van der Waals surface area contributed by atoms with E-state index in [0.717, 1.165) is 13.0 Å². The van der Waals surface area contributed by atoms with Gasteiger partial charge in [0.05, 0.1) is 12.1 Å². The molecule has 1 aromatic heterocycles. The van der Waals surface area contributed by atoms with Crippen molar-refractivity contribution in [2.24, 2.45) is 0 Å². The number of carbonyl (C=O) groups is 2. The largest absolute Gasteiger partial charge is 0.484 e. The van der Waals surface area contributed by atoms with E-state index in [0.29, 0.717) is 33.8 Å². The predicted octanol–water partition coefficient (Wildman–Crippen LogP) is 4.76. The number of halogens is 2. The van der Waals surface area contributed by atoms with E-state index in [4.69, 9.17) is 16.3 Å². The van der Waals surface area contributed by atoms with E-state index >= 15 is 0 Å². The Bertz CT molecular complexity index is 1050. The fourth-order valence-electron chi connectivity index (χ4n) is 3.02. The zero-order valence-corrected chi connectivity index (χ0v) is 21.5. The zero-order chi connectivity index (χ0) is 23.6. The summed E-state index contributed by atoms with van der Waals surface area (Å²) < 4.78 is 5.65. The van der Waals surface area contributed by atoms with Crippen LogP contribution in [0.25, 0.3) is 0 Å². The fraction of sp³-hybridized carbons (Fsp3) is 0.292. The van der Waals surface area contributed by atoms with Crippen molar-refractivity contribution in [1.29, 1.82) is 0 Å². The molecule has 0 fully saturated rings. The summed E-state index contributed by atoms with van der Waals surface area (Å²) in [6, 6.07) is 16.1. The van der Waals surface area contributed by atoms with Gasteiger partial charge in [-0.1, -0.05) is 29.8 Å². The Labute approximate surface area is 215 Å². The lowest BCUT2D eigenvalue weighted by molar-refractivity contribution is -0.120. The molecule has 0 spiro atoms. The van der Waals surface area contributed by atoms with E-state index in [9.17, 15) is 9.59 Å². The van der Waals surface area contributed by atoms with Crippen LogP contribution in [0.1, 0.15) is 12.1 Å². The lowest BCUT2D eigenvalue weighted by Gasteiger charge is -2.21. The third-order valence-electron chi connectivity index (χ3n) is 4.63. The maximum atomic E-state index is 13.0. The van der Waals surface area contributed by atoms with Crippen LogP contribution < -0.4 is 15.0 Å². The molecule has 0 unspecified atom stereocenters. The highest BCUT2D eigenvalue weighted by Crippen LogP contribution is 2.22. The molecule has 0 saturated carbocycles. The van der Waals surface area contributed by atoms with E-state index in [-0.39, 0.29) is 37.2 Å². The number of anilines is 2. The Kier molecular flexibility index (Phi) is 11.3. The number of hydrogen-bond acceptors (Lipinski definition) is 6. The zero-order valence-electron chi connectivity index (χ0n) is 19.1. The Hall–Kier alpha value is -2.65. The van der Waals surface area contributed by atoms with Crippen molar-refractivity contribution in [2.75, 3.05) is 44.0 Å². The summed E-state index contributed by atoms with van der Waals surface area (Å²) in [5, 5.41) is 5.80. The first kappa shape index (κ1) is 27.6. The first-order valence-corrected chi connectivity index (χ1v) is 11.8. The molecule has 2 amide bonds. The van der Waals surface area contributed by atoms with Crippen molar-refractivity contribution < 1.29 is 14.3 Å². The third-order valence-corrected chi connectivity index (χ3v) is 5.80. The smallest absolute Gasteiger partial charge is 0.266 e. The molecule has 1 N–H and O–H groups in total. The minimum absolute atomic E-state index is 0. The highest BCUT2D eigenvalue weighted by Gasteiger charge is 2.20. The van der Waals surface area contributed by atoms with Crippen LogP contribution in [-0.4, -0.2) is 55.5 Å². The lowest BCUT2D eigenvalue weighted by Crippen LogP contribution is -2.37. The number of carbonyl (C=O) groups excluding carboxylic acids is 2. The van der Waals surface area contributed by atoms with Gasteiger partial charge in [0.2, 0.25) is 5.91 Å². The van der Waals surface area contributed by atoms with Gasteiger partial charge < -0.3 is 15.0 Å². The molecule has 3 aromatic rings. The summed E-state index contributed by atoms with van der Waals surface area (Å²) in [6.45, 7) is 1.27. The molecule has 182 valence electrons. The summed E-state index contributed by atoms with van der Waals surface area (Å²) in [5.74, 6) is 0.272. The predicted molar refractivity (Wildman–Crippen MR) is 141 cm³/mol. The summed E-state index contributed by atoms with van der Waals surface area (Å²) in [5.41, 5.74) is 1.27. The van der Waals surface area contributed by atoms with E-state index in [2.05, 4.69) is 15.2 Å². The molecule has 3 rings (SSSR count). The molecule has 0 bridgehead atoms. The Morgan fingerprint density at radius 3 is 2.44 bits per heavy atom. The second-order valence-electron chi connectivity index (χ2n) is 7.66. The quantitative estimate of drug-likeness (QED) is 0.392. The van der Waals surface area contributed by atoms with Crippen LogP contribution in [0.4, 0.5) is 10.8 Å². The molecule has 0 aliphatic rings. The number of aromatic nitrogens is 1. The molecule has 7 nitrogen and oxygen atoms in total. The Balaban J connectivity index is 0.00000408. The monoisotopic (exact) mass is 522 g/mol. The Morgan fingerprint density at radius 2 is 1.76 bits per heavy atom. The molecule has 0 radical (unpaired) electrons. The van der Waals surface area contributed by atoms with Gasteiger partial charge >= 0.3 is 0 Å². The van der Waals surface area contributed by atoms with Crippen molar-refractivity contribution in [3.05, 3.63) is 70.7 Å². The minimum Gasteiger partial charge on any atom is -0.484 e. The standard InChI is InChI=1S/C24H27ClN4O3S.ClH/c1-28(2)13-6-14-29(23(31)16-32-21-7-4-3-5-8-21)24-27-20(17-33-24)15-22(30)26-19-11-9-18(25)10-12-19;/h3-5,7-12,17H,6,13-16H2,1-2H3,(H,26,30);1H. The number of amides is 2. The molecule has 0 aliphatic heterocycles. The van der Waals surface area contributed by atoms with Gasteiger partial charge in [-0.3, -0.25) is 14.5 Å². The number of nitrogens with one attached hydrogen (secondary N) is 1. The number of nitrogens with zero attached hydrogens (tertiary/aromatic N) is 3. The van der Waals surface area contributed by atoms with Crippen LogP contribution in [0, 0.1) is 0 Å². The normalized spacial score (nSPS) is 10.5. The van der Waals surface area contributed by atoms with Gasteiger partial charge in [0.25, 0.3) is 5.91 Å². The molecule has 10 heteroatoms. The fourth-order valence-corrected chi connectivity index (χ4v) is 4.01. The molecular weight excluding hydrogens is 495 g/mol. The van der Waals surface area contributed by atoms with E-state index in [1.54, 1.807) is 34.5 Å². The average molecular weight is 523 g/mol. The van der Waals surface area contributed by atoms with Crippen LogP contribution in [0.15, 0.2) is 60.0 Å². The highest BCUT2D eigenvalue weighted by molar-refractivity contribution is 7.14. The van der Waals surface area contributed by atoms with Gasteiger partial charge in [-0.2, -0.15) is 0 Å². The van der Waals surface area contributed by atoms with Gasteiger partial charge in [0.15, 0.2) is 11.7 Å². The number of hydrogen-bond donors (Lipinski definition) is 1. The summed E-state index contributed by atoms with van der Waals surface area (Å²) in [7, 11) is 3.98. The van der Waals surface area contributed by atoms with Crippen molar-refractivity contribution in [2.45, 2.75) is 12.8 Å². The van der Waals surface area contributed by atoms with Crippen LogP contribution in [-0.2, 0) is 16.0 Å². The van der Waals surface area contributed by atoms with Crippen LogP contribution >= 0.6 is 35.3 Å². The summed E-state index contributed by atoms with van der Waals surface area (Å²) in [4.78, 5) is 33.6. The van der Waals surface area contributed by atoms with Gasteiger partial charge in [-0.05, 0) is 63.5 Å². The molecule has 0 atom stereocenters. The molecule has 0 saturated heterocycles. The van der Waals surface area contributed by atoms with Crippen molar-refractivity contribution in [1.82, 2.24) is 9.88 Å². The van der Waals surface area contributed by atoms with E-state index in [1.807, 2.05) is 44.4 Å². The van der Waals surface area contributed by atoms with Crippen molar-refractivity contribution in [3.8, 4) is 5.75 Å². The highest BCUT2D eigenvalue weighted by atomic mass is 35.5. The van der Waals surface area contributed by atoms with Gasteiger partial charge in [0, 0.05) is 22.6 Å². The van der Waals surface area contributed by atoms with Crippen molar-refractivity contribution in [3.63, 3.8) is 0 Å². The summed E-state index contributed by atoms with van der Waals surface area (Å²) in [6.07, 6.45) is 0.898. The van der Waals surface area contributed by atoms with E-state index in [1.165, 1.54) is 11.3 Å². The molecule has 34 heavy (non-hydrogen) atoms. The van der Waals surface area contributed by atoms with Crippen LogP contribution in [0.5, 0.6) is 5.75 Å². The number of thiazole rings is 1. The maximum absolute atomic E-state index is 13.0. The second kappa shape index (κ2) is 13.9. The lowest BCUT2D eigenvalue weighted by atomic mass is 10.3. The first-order valence-electron chi connectivity index (χ1n) is 10.5. The maximum Gasteiger partial charge on any atom is 0.266 e. The first-order chi connectivity index (χ1) is 15.9. The summed E-state index contributed by atoms with van der Waals surface area (Å²) >= 11 is 7.23. The topological polar surface area (TPSA) is 74.8 Å². The van der Waals surface area contributed by atoms with Gasteiger partial charge in [-0.25, -0.2) is 4.98 Å². The molecular formula is C24H28Cl2N4O3S. The van der Waals surface area contributed by atoms with Crippen LogP contribution in [0.3, 0.4) is 0 Å².